The number of aryl methyl sites for hydroxylation is 1. The van der Waals surface area contributed by atoms with E-state index in [0.717, 1.165) is 18.4 Å². The smallest absolute Gasteiger partial charge is 0.338 e. The molecule has 146 valence electrons. The van der Waals surface area contributed by atoms with Gasteiger partial charge in [-0.15, -0.1) is 0 Å². The number of para-hydroxylation sites is 1. The molecular formula is C21H22N2O5. The maximum Gasteiger partial charge on any atom is 0.338 e. The number of rotatable bonds is 7. The zero-order valence-electron chi connectivity index (χ0n) is 15.8. The van der Waals surface area contributed by atoms with Crippen molar-refractivity contribution in [3.8, 4) is 5.75 Å². The molecule has 2 amide bonds. The maximum atomic E-state index is 12.3. The Morgan fingerprint density at radius 1 is 1.11 bits per heavy atom. The summed E-state index contributed by atoms with van der Waals surface area (Å²) in [5, 5.41) is 5.51. The summed E-state index contributed by atoms with van der Waals surface area (Å²) in [5.74, 6) is -0.830. The standard InChI is InChI=1S/C21H22N2O5/c1-13-7-8-14(11-18(13)27-2)21(26)28-12-19(24)23-17-6-4-3-5-16(17)20(25)22-15-9-10-15/h3-8,11,15H,9-10,12H2,1-2H3,(H,22,25)(H,23,24). The zero-order valence-corrected chi connectivity index (χ0v) is 15.8. The molecule has 0 bridgehead atoms. The third-order valence-corrected chi connectivity index (χ3v) is 4.34. The van der Waals surface area contributed by atoms with Crippen molar-refractivity contribution in [2.75, 3.05) is 19.0 Å². The van der Waals surface area contributed by atoms with E-state index in [-0.39, 0.29) is 11.9 Å². The van der Waals surface area contributed by atoms with Gasteiger partial charge in [-0.05, 0) is 49.6 Å². The molecule has 2 aromatic rings. The Labute approximate surface area is 163 Å². The van der Waals surface area contributed by atoms with Gasteiger partial charge in [0, 0.05) is 6.04 Å². The third-order valence-electron chi connectivity index (χ3n) is 4.34. The van der Waals surface area contributed by atoms with E-state index in [1.54, 1.807) is 42.5 Å². The molecule has 7 heteroatoms. The predicted octanol–water partition coefficient (Wildman–Crippen LogP) is 2.69. The van der Waals surface area contributed by atoms with Gasteiger partial charge in [-0.3, -0.25) is 9.59 Å². The van der Waals surface area contributed by atoms with Gasteiger partial charge in [0.25, 0.3) is 11.8 Å². The van der Waals surface area contributed by atoms with Gasteiger partial charge in [-0.25, -0.2) is 4.79 Å². The Hall–Kier alpha value is -3.35. The van der Waals surface area contributed by atoms with Crippen molar-refractivity contribution < 1.29 is 23.9 Å². The molecule has 1 saturated carbocycles. The molecule has 2 N–H and O–H groups in total. The molecule has 1 aliphatic rings. The van der Waals surface area contributed by atoms with Gasteiger partial charge < -0.3 is 20.1 Å². The molecule has 0 heterocycles. The van der Waals surface area contributed by atoms with Crippen LogP contribution in [0.1, 0.15) is 39.1 Å². The largest absolute Gasteiger partial charge is 0.496 e. The van der Waals surface area contributed by atoms with Crippen LogP contribution in [0.25, 0.3) is 0 Å². The van der Waals surface area contributed by atoms with E-state index < -0.39 is 18.5 Å². The van der Waals surface area contributed by atoms with Gasteiger partial charge in [0.05, 0.1) is 23.9 Å². The quantitative estimate of drug-likeness (QED) is 0.718. The highest BCUT2D eigenvalue weighted by Gasteiger charge is 2.25. The van der Waals surface area contributed by atoms with Crippen LogP contribution in [0.5, 0.6) is 5.75 Å². The summed E-state index contributed by atoms with van der Waals surface area (Å²) in [4.78, 5) is 36.6. The number of nitrogens with one attached hydrogen (secondary N) is 2. The molecule has 7 nitrogen and oxygen atoms in total. The van der Waals surface area contributed by atoms with Gasteiger partial charge in [-0.1, -0.05) is 18.2 Å². The minimum absolute atomic E-state index is 0.212. The maximum absolute atomic E-state index is 12.3. The number of carbonyl (C=O) groups is 3. The molecular weight excluding hydrogens is 360 g/mol. The first kappa shape index (κ1) is 19.4. The lowest BCUT2D eigenvalue weighted by atomic mass is 10.1. The average molecular weight is 382 g/mol. The van der Waals surface area contributed by atoms with Crippen LogP contribution in [0.3, 0.4) is 0 Å². The minimum atomic E-state index is -0.631. The van der Waals surface area contributed by atoms with Crippen molar-refractivity contribution in [2.24, 2.45) is 0 Å². The van der Waals surface area contributed by atoms with Crippen molar-refractivity contribution in [3.05, 3.63) is 59.2 Å². The fraction of sp³-hybridized carbons (Fsp3) is 0.286. The molecule has 0 unspecified atom stereocenters. The summed E-state index contributed by atoms with van der Waals surface area (Å²) in [6.45, 7) is 1.39. The lowest BCUT2D eigenvalue weighted by molar-refractivity contribution is -0.119. The normalized spacial score (nSPS) is 12.8. The summed E-state index contributed by atoms with van der Waals surface area (Å²) in [6.07, 6.45) is 1.94. The number of ether oxygens (including phenoxy) is 2. The molecule has 0 radical (unpaired) electrons. The number of hydrogen-bond donors (Lipinski definition) is 2. The number of esters is 1. The fourth-order valence-corrected chi connectivity index (χ4v) is 2.63. The topological polar surface area (TPSA) is 93.7 Å². The van der Waals surface area contributed by atoms with Crippen LogP contribution in [0.15, 0.2) is 42.5 Å². The number of benzene rings is 2. The van der Waals surface area contributed by atoms with Crippen LogP contribution in [0, 0.1) is 6.92 Å². The molecule has 1 fully saturated rings. The highest BCUT2D eigenvalue weighted by atomic mass is 16.5. The number of carbonyl (C=O) groups excluding carboxylic acids is 3. The van der Waals surface area contributed by atoms with Gasteiger partial charge in [0.15, 0.2) is 6.61 Å². The summed E-state index contributed by atoms with van der Waals surface area (Å²) in [5.41, 5.74) is 1.92. The summed E-state index contributed by atoms with van der Waals surface area (Å²) in [7, 11) is 1.52. The number of hydrogen-bond acceptors (Lipinski definition) is 5. The first-order valence-corrected chi connectivity index (χ1v) is 8.99. The van der Waals surface area contributed by atoms with E-state index in [4.69, 9.17) is 9.47 Å². The fourth-order valence-electron chi connectivity index (χ4n) is 2.63. The van der Waals surface area contributed by atoms with Gasteiger partial charge >= 0.3 is 5.97 Å². The molecule has 0 aliphatic heterocycles. The first-order valence-electron chi connectivity index (χ1n) is 8.99. The molecule has 28 heavy (non-hydrogen) atoms. The van der Waals surface area contributed by atoms with E-state index in [1.807, 2.05) is 6.92 Å². The van der Waals surface area contributed by atoms with E-state index in [2.05, 4.69) is 10.6 Å². The summed E-state index contributed by atoms with van der Waals surface area (Å²) >= 11 is 0. The molecule has 0 spiro atoms. The third kappa shape index (κ3) is 4.88. The van der Waals surface area contributed by atoms with E-state index in [0.29, 0.717) is 22.6 Å². The molecule has 1 aliphatic carbocycles. The van der Waals surface area contributed by atoms with Crippen molar-refractivity contribution in [3.63, 3.8) is 0 Å². The van der Waals surface area contributed by atoms with Crippen LogP contribution in [0.4, 0.5) is 5.69 Å². The zero-order chi connectivity index (χ0) is 20.1. The van der Waals surface area contributed by atoms with Gasteiger partial charge in [0.2, 0.25) is 0 Å². The lowest BCUT2D eigenvalue weighted by Crippen LogP contribution is -2.28. The van der Waals surface area contributed by atoms with Crippen LogP contribution >= 0.6 is 0 Å². The predicted molar refractivity (Wildman–Crippen MR) is 104 cm³/mol. The second-order valence-corrected chi connectivity index (χ2v) is 6.60. The van der Waals surface area contributed by atoms with Crippen molar-refractivity contribution in [1.29, 1.82) is 0 Å². The Bertz CT molecular complexity index is 905. The molecule has 0 saturated heterocycles. The monoisotopic (exact) mass is 382 g/mol. The number of methoxy groups -OCH3 is 1. The van der Waals surface area contributed by atoms with Crippen molar-refractivity contribution in [1.82, 2.24) is 5.32 Å². The lowest BCUT2D eigenvalue weighted by Gasteiger charge is -2.12. The van der Waals surface area contributed by atoms with Crippen LogP contribution in [-0.2, 0) is 9.53 Å². The Morgan fingerprint density at radius 3 is 2.57 bits per heavy atom. The highest BCUT2D eigenvalue weighted by Crippen LogP contribution is 2.22. The van der Waals surface area contributed by atoms with E-state index in [1.165, 1.54) is 7.11 Å². The second-order valence-electron chi connectivity index (χ2n) is 6.60. The number of anilines is 1. The molecule has 0 atom stereocenters. The van der Waals surface area contributed by atoms with Gasteiger partial charge in [0.1, 0.15) is 5.75 Å². The van der Waals surface area contributed by atoms with Gasteiger partial charge in [-0.2, -0.15) is 0 Å². The molecule has 0 aromatic heterocycles. The first-order chi connectivity index (χ1) is 13.5. The SMILES string of the molecule is COc1cc(C(=O)OCC(=O)Nc2ccccc2C(=O)NC2CC2)ccc1C. The summed E-state index contributed by atoms with van der Waals surface area (Å²) < 4.78 is 10.3. The van der Waals surface area contributed by atoms with E-state index >= 15 is 0 Å². The van der Waals surface area contributed by atoms with Crippen LogP contribution in [0.2, 0.25) is 0 Å². The van der Waals surface area contributed by atoms with Crippen molar-refractivity contribution >= 4 is 23.5 Å². The minimum Gasteiger partial charge on any atom is -0.496 e. The Kier molecular flexibility index (Phi) is 5.93. The Balaban J connectivity index is 1.58. The number of amides is 2. The van der Waals surface area contributed by atoms with Crippen molar-refractivity contribution in [2.45, 2.75) is 25.8 Å². The van der Waals surface area contributed by atoms with E-state index in [9.17, 15) is 14.4 Å². The molecule has 3 rings (SSSR count). The second kappa shape index (κ2) is 8.56. The average Bonchev–Trinajstić information content (AvgIpc) is 3.50. The summed E-state index contributed by atoms with van der Waals surface area (Å²) in [6, 6.07) is 11.8. The van der Waals surface area contributed by atoms with Crippen LogP contribution in [-0.4, -0.2) is 37.5 Å². The Morgan fingerprint density at radius 2 is 1.86 bits per heavy atom. The molecule has 2 aromatic carbocycles. The highest BCUT2D eigenvalue weighted by molar-refractivity contribution is 6.04. The van der Waals surface area contributed by atoms with Crippen LogP contribution < -0.4 is 15.4 Å².